The molecule has 0 radical (unpaired) electrons. The Morgan fingerprint density at radius 1 is 1.03 bits per heavy atom. The van der Waals surface area contributed by atoms with Gasteiger partial charge in [-0.1, -0.05) is 35.5 Å². The summed E-state index contributed by atoms with van der Waals surface area (Å²) in [4.78, 5) is 15.4. The molecule has 3 fully saturated rings. The fourth-order valence-corrected chi connectivity index (χ4v) is 5.33. The minimum absolute atomic E-state index is 0.0777. The highest BCUT2D eigenvalue weighted by molar-refractivity contribution is 5.92. The highest BCUT2D eigenvalue weighted by Crippen LogP contribution is 2.36. The molecule has 7 heteroatoms. The molecular formula is C22H30N6O. The molecule has 1 amide bonds. The Morgan fingerprint density at radius 3 is 2.48 bits per heavy atom. The molecule has 2 N–H and O–H groups in total. The van der Waals surface area contributed by atoms with E-state index in [4.69, 9.17) is 0 Å². The molecular weight excluding hydrogens is 364 g/mol. The normalized spacial score (nSPS) is 27.8. The van der Waals surface area contributed by atoms with Crippen molar-refractivity contribution < 1.29 is 4.79 Å². The Hall–Kier alpha value is -2.25. The first-order chi connectivity index (χ1) is 14.3. The quantitative estimate of drug-likeness (QED) is 0.813. The molecule has 3 saturated heterocycles. The molecule has 3 aliphatic rings. The third-order valence-electron chi connectivity index (χ3n) is 6.85. The van der Waals surface area contributed by atoms with Crippen LogP contribution in [0.2, 0.25) is 0 Å². The zero-order valence-corrected chi connectivity index (χ0v) is 16.8. The van der Waals surface area contributed by atoms with Gasteiger partial charge in [0.1, 0.15) is 0 Å². The van der Waals surface area contributed by atoms with Crippen molar-refractivity contribution in [3.8, 4) is 0 Å². The summed E-state index contributed by atoms with van der Waals surface area (Å²) in [5, 5.41) is 15.0. The molecule has 2 unspecified atom stereocenters. The fraction of sp³-hybridized carbons (Fsp3) is 0.591. The molecule has 154 valence electrons. The van der Waals surface area contributed by atoms with E-state index in [1.54, 1.807) is 0 Å². The second kappa shape index (κ2) is 8.24. The van der Waals surface area contributed by atoms with E-state index in [0.29, 0.717) is 23.8 Å². The van der Waals surface area contributed by atoms with Crippen LogP contribution in [-0.2, 0) is 6.54 Å². The van der Waals surface area contributed by atoms with Gasteiger partial charge in [-0.15, -0.1) is 5.10 Å². The predicted octanol–water partition coefficient (Wildman–Crippen LogP) is 2.13. The molecule has 5 rings (SSSR count). The molecule has 2 aromatic rings. The number of hydrogen-bond donors (Lipinski definition) is 2. The summed E-state index contributed by atoms with van der Waals surface area (Å²) in [5.41, 5.74) is 1.82. The lowest BCUT2D eigenvalue weighted by Gasteiger charge is -2.39. The minimum atomic E-state index is -0.0777. The molecule has 0 aliphatic carbocycles. The number of nitrogens with one attached hydrogen (secondary N) is 2. The van der Waals surface area contributed by atoms with Gasteiger partial charge in [-0.05, 0) is 57.2 Å². The maximum atomic E-state index is 12.8. The van der Waals surface area contributed by atoms with Gasteiger partial charge in [0.2, 0.25) is 0 Å². The van der Waals surface area contributed by atoms with Crippen LogP contribution in [0.15, 0.2) is 36.5 Å². The highest BCUT2D eigenvalue weighted by Gasteiger charge is 2.41. The highest BCUT2D eigenvalue weighted by atomic mass is 16.2. The molecule has 1 aromatic carbocycles. The number of aromatic nitrogens is 3. The molecule has 7 nitrogen and oxygen atoms in total. The van der Waals surface area contributed by atoms with Gasteiger partial charge < -0.3 is 10.6 Å². The average Bonchev–Trinajstić information content (AvgIpc) is 3.33. The van der Waals surface area contributed by atoms with Crippen molar-refractivity contribution in [2.75, 3.05) is 13.1 Å². The van der Waals surface area contributed by atoms with Crippen LogP contribution in [-0.4, -0.2) is 57.0 Å². The molecule has 29 heavy (non-hydrogen) atoms. The Morgan fingerprint density at radius 2 is 1.76 bits per heavy atom. The number of fused-ring (bicyclic) bond motifs is 2. The van der Waals surface area contributed by atoms with Gasteiger partial charge in [0.15, 0.2) is 5.69 Å². The molecule has 3 aliphatic heterocycles. The lowest BCUT2D eigenvalue weighted by atomic mass is 9.96. The van der Waals surface area contributed by atoms with Crippen LogP contribution in [0.25, 0.3) is 0 Å². The van der Waals surface area contributed by atoms with Crippen molar-refractivity contribution in [1.29, 1.82) is 0 Å². The van der Waals surface area contributed by atoms with Gasteiger partial charge in [0.25, 0.3) is 5.91 Å². The van der Waals surface area contributed by atoms with E-state index >= 15 is 0 Å². The number of rotatable bonds is 5. The van der Waals surface area contributed by atoms with Crippen molar-refractivity contribution in [3.63, 3.8) is 0 Å². The molecule has 1 aromatic heterocycles. The molecule has 4 heterocycles. The number of carbonyl (C=O) groups excluding carboxylic acids is 1. The third kappa shape index (κ3) is 4.07. The SMILES string of the molecule is O=C(NC1CC2CCC(C1)N2Cc1ccccc1)c1cn(C2CCNCC2)nn1. The fourth-order valence-electron chi connectivity index (χ4n) is 5.33. The monoisotopic (exact) mass is 394 g/mol. The summed E-state index contributed by atoms with van der Waals surface area (Å²) in [5.74, 6) is -0.0777. The Kier molecular flexibility index (Phi) is 5.33. The number of amides is 1. The lowest BCUT2D eigenvalue weighted by molar-refractivity contribution is 0.0823. The van der Waals surface area contributed by atoms with Crippen molar-refractivity contribution in [3.05, 3.63) is 47.8 Å². The Balaban J connectivity index is 1.18. The van der Waals surface area contributed by atoms with E-state index in [9.17, 15) is 4.79 Å². The van der Waals surface area contributed by atoms with Gasteiger partial charge in [0.05, 0.1) is 12.2 Å². The first-order valence-electron chi connectivity index (χ1n) is 11.0. The first kappa shape index (κ1) is 18.8. The predicted molar refractivity (Wildman–Crippen MR) is 110 cm³/mol. The lowest BCUT2D eigenvalue weighted by Crippen LogP contribution is -2.50. The zero-order chi connectivity index (χ0) is 19.6. The van der Waals surface area contributed by atoms with Crippen LogP contribution in [0.1, 0.15) is 60.6 Å². The largest absolute Gasteiger partial charge is 0.348 e. The third-order valence-corrected chi connectivity index (χ3v) is 6.85. The molecule has 2 atom stereocenters. The van der Waals surface area contributed by atoms with Crippen LogP contribution in [0.5, 0.6) is 0 Å². The van der Waals surface area contributed by atoms with E-state index < -0.39 is 0 Å². The van der Waals surface area contributed by atoms with E-state index in [0.717, 1.165) is 45.3 Å². The van der Waals surface area contributed by atoms with Crippen LogP contribution in [0.4, 0.5) is 0 Å². The topological polar surface area (TPSA) is 75.1 Å². The second-order valence-electron chi connectivity index (χ2n) is 8.75. The smallest absolute Gasteiger partial charge is 0.273 e. The van der Waals surface area contributed by atoms with Crippen molar-refractivity contribution in [2.24, 2.45) is 0 Å². The van der Waals surface area contributed by atoms with Crippen LogP contribution in [0.3, 0.4) is 0 Å². The van der Waals surface area contributed by atoms with Gasteiger partial charge in [0, 0.05) is 24.7 Å². The summed E-state index contributed by atoms with van der Waals surface area (Å²) in [6, 6.07) is 12.4. The number of carbonyl (C=O) groups is 1. The maximum Gasteiger partial charge on any atom is 0.273 e. The van der Waals surface area contributed by atoms with Gasteiger partial charge in [-0.2, -0.15) is 0 Å². The van der Waals surface area contributed by atoms with Crippen LogP contribution in [0, 0.1) is 0 Å². The molecule has 2 bridgehead atoms. The van der Waals surface area contributed by atoms with Crippen LogP contribution < -0.4 is 10.6 Å². The number of piperidine rings is 2. The number of nitrogens with zero attached hydrogens (tertiary/aromatic N) is 4. The maximum absolute atomic E-state index is 12.8. The zero-order valence-electron chi connectivity index (χ0n) is 16.8. The summed E-state index contributed by atoms with van der Waals surface area (Å²) in [6.07, 6.45) is 8.41. The van der Waals surface area contributed by atoms with E-state index in [-0.39, 0.29) is 11.9 Å². The Labute approximate surface area is 171 Å². The van der Waals surface area contributed by atoms with Crippen LogP contribution >= 0.6 is 0 Å². The second-order valence-corrected chi connectivity index (χ2v) is 8.75. The van der Waals surface area contributed by atoms with Crippen molar-refractivity contribution in [2.45, 2.75) is 69.2 Å². The van der Waals surface area contributed by atoms with Gasteiger partial charge in [-0.25, -0.2) is 4.68 Å². The number of hydrogen-bond acceptors (Lipinski definition) is 5. The number of benzene rings is 1. The van der Waals surface area contributed by atoms with Gasteiger partial charge in [-0.3, -0.25) is 9.69 Å². The summed E-state index contributed by atoms with van der Waals surface area (Å²) in [6.45, 7) is 3.01. The minimum Gasteiger partial charge on any atom is -0.348 e. The summed E-state index contributed by atoms with van der Waals surface area (Å²) in [7, 11) is 0. The standard InChI is InChI=1S/C22H30N6O/c29-22(21-15-28(26-25-21)18-8-10-23-11-9-18)24-17-12-19-6-7-20(13-17)27(19)14-16-4-2-1-3-5-16/h1-5,15,17-20,23H,6-14H2,(H,24,29). The van der Waals surface area contributed by atoms with Crippen molar-refractivity contribution >= 4 is 5.91 Å². The van der Waals surface area contributed by atoms with E-state index in [1.165, 1.54) is 18.4 Å². The van der Waals surface area contributed by atoms with E-state index in [1.807, 2.05) is 10.9 Å². The average molecular weight is 395 g/mol. The molecule has 0 saturated carbocycles. The summed E-state index contributed by atoms with van der Waals surface area (Å²) >= 11 is 0. The van der Waals surface area contributed by atoms with Gasteiger partial charge >= 0.3 is 0 Å². The Bertz CT molecular complexity index is 817. The first-order valence-corrected chi connectivity index (χ1v) is 11.0. The summed E-state index contributed by atoms with van der Waals surface area (Å²) < 4.78 is 1.88. The van der Waals surface area contributed by atoms with E-state index in [2.05, 4.69) is 56.2 Å². The molecule has 0 spiro atoms. The van der Waals surface area contributed by atoms with Crippen molar-refractivity contribution in [1.82, 2.24) is 30.5 Å².